The summed E-state index contributed by atoms with van der Waals surface area (Å²) in [5.41, 5.74) is 2.08. The summed E-state index contributed by atoms with van der Waals surface area (Å²) >= 11 is 0. The topological polar surface area (TPSA) is 118 Å². The predicted molar refractivity (Wildman–Crippen MR) is 130 cm³/mol. The number of aliphatic hydroxyl groups is 1. The van der Waals surface area contributed by atoms with Crippen LogP contribution in [0, 0.1) is 0 Å². The Balaban J connectivity index is 1.58. The molecule has 2 aromatic carbocycles. The number of H-pyrrole nitrogens is 1. The first kappa shape index (κ1) is 23.0. The van der Waals surface area contributed by atoms with Crippen LogP contribution < -0.4 is 15.0 Å². The Kier molecular flexibility index (Phi) is 6.47. The largest absolute Gasteiger partial charge is 0.497 e. The highest BCUT2D eigenvalue weighted by Gasteiger charge is 2.32. The molecule has 3 heterocycles. The molecule has 0 saturated carbocycles. The third-order valence-electron chi connectivity index (χ3n) is 6.53. The SMILES string of the molecule is COc1ccc(Cn2nnnc2[C@@H](c2cc3cc(OC)ccc3[nH]c2=O)N2CCC(O)CC2)cc1. The van der Waals surface area contributed by atoms with E-state index in [-0.39, 0.29) is 11.7 Å². The van der Waals surface area contributed by atoms with E-state index in [1.54, 1.807) is 18.9 Å². The fraction of sp³-hybridized carbons (Fsp3) is 0.360. The number of aromatic amines is 1. The minimum atomic E-state index is -0.477. The van der Waals surface area contributed by atoms with Crippen LogP contribution in [-0.2, 0) is 6.54 Å². The summed E-state index contributed by atoms with van der Waals surface area (Å²) in [6, 6.07) is 14.7. The highest BCUT2D eigenvalue weighted by molar-refractivity contribution is 5.80. The lowest BCUT2D eigenvalue weighted by molar-refractivity contribution is 0.0659. The van der Waals surface area contributed by atoms with Gasteiger partial charge in [-0.3, -0.25) is 9.69 Å². The van der Waals surface area contributed by atoms with E-state index in [0.717, 1.165) is 22.2 Å². The average Bonchev–Trinajstić information content (AvgIpc) is 3.33. The van der Waals surface area contributed by atoms with Crippen molar-refractivity contribution in [3.63, 3.8) is 0 Å². The molecular formula is C25H28N6O4. The number of nitrogens with zero attached hydrogens (tertiary/aromatic N) is 5. The standard InChI is InChI=1S/C25H28N6O4/c1-34-19-5-3-16(4-6-19)15-31-24(27-28-29-31)23(30-11-9-18(32)10-12-30)21-14-17-13-20(35-2)7-8-22(17)26-25(21)33/h3-8,13-14,18,23,32H,9-12,15H2,1-2H3,(H,26,33)/t23-/m1/s1. The highest BCUT2D eigenvalue weighted by Crippen LogP contribution is 2.30. The molecule has 0 amide bonds. The summed E-state index contributed by atoms with van der Waals surface area (Å²) in [4.78, 5) is 18.5. The smallest absolute Gasteiger partial charge is 0.253 e. The highest BCUT2D eigenvalue weighted by atomic mass is 16.5. The molecule has 2 N–H and O–H groups in total. The second kappa shape index (κ2) is 9.85. The Morgan fingerprint density at radius 2 is 1.77 bits per heavy atom. The van der Waals surface area contributed by atoms with Gasteiger partial charge < -0.3 is 19.6 Å². The van der Waals surface area contributed by atoms with E-state index >= 15 is 0 Å². The third-order valence-corrected chi connectivity index (χ3v) is 6.53. The van der Waals surface area contributed by atoms with E-state index in [9.17, 15) is 9.90 Å². The molecule has 4 aromatic rings. The molecule has 1 aliphatic rings. The molecule has 0 unspecified atom stereocenters. The monoisotopic (exact) mass is 476 g/mol. The molecule has 1 fully saturated rings. The minimum absolute atomic E-state index is 0.196. The Morgan fingerprint density at radius 1 is 1.06 bits per heavy atom. The predicted octanol–water partition coefficient (Wildman–Crippen LogP) is 2.13. The number of hydrogen-bond acceptors (Lipinski definition) is 8. The number of ether oxygens (including phenoxy) is 2. The number of nitrogens with one attached hydrogen (secondary N) is 1. The third kappa shape index (κ3) is 4.75. The van der Waals surface area contributed by atoms with Crippen LogP contribution >= 0.6 is 0 Å². The van der Waals surface area contributed by atoms with E-state index in [1.165, 1.54) is 0 Å². The zero-order valence-electron chi connectivity index (χ0n) is 19.7. The number of piperidine rings is 1. The molecule has 35 heavy (non-hydrogen) atoms. The first-order valence-corrected chi connectivity index (χ1v) is 11.6. The normalized spacial score (nSPS) is 15.9. The first-order chi connectivity index (χ1) is 17.1. The Morgan fingerprint density at radius 3 is 2.49 bits per heavy atom. The zero-order chi connectivity index (χ0) is 24.4. The van der Waals surface area contributed by atoms with Gasteiger partial charge in [0, 0.05) is 29.6 Å². The van der Waals surface area contributed by atoms with Crippen molar-refractivity contribution < 1.29 is 14.6 Å². The molecule has 1 aliphatic heterocycles. The summed E-state index contributed by atoms with van der Waals surface area (Å²) < 4.78 is 12.4. The number of fused-ring (bicyclic) bond motifs is 1. The van der Waals surface area contributed by atoms with Gasteiger partial charge in [0.1, 0.15) is 17.5 Å². The maximum absolute atomic E-state index is 13.3. The van der Waals surface area contributed by atoms with Crippen LogP contribution in [0.4, 0.5) is 0 Å². The number of tetrazole rings is 1. The van der Waals surface area contributed by atoms with E-state index < -0.39 is 6.04 Å². The number of pyridine rings is 1. The molecule has 0 aliphatic carbocycles. The number of likely N-dealkylation sites (tertiary alicyclic amines) is 1. The first-order valence-electron chi connectivity index (χ1n) is 11.6. The van der Waals surface area contributed by atoms with Gasteiger partial charge in [-0.1, -0.05) is 12.1 Å². The fourth-order valence-corrected chi connectivity index (χ4v) is 4.60. The van der Waals surface area contributed by atoms with Gasteiger partial charge in [-0.15, -0.1) is 5.10 Å². The lowest BCUT2D eigenvalue weighted by atomic mass is 9.99. The van der Waals surface area contributed by atoms with Crippen molar-refractivity contribution in [3.05, 3.63) is 75.8 Å². The number of hydrogen-bond donors (Lipinski definition) is 2. The van der Waals surface area contributed by atoms with Crippen LogP contribution in [0.3, 0.4) is 0 Å². The number of aliphatic hydroxyl groups excluding tert-OH is 1. The lowest BCUT2D eigenvalue weighted by Crippen LogP contribution is -2.41. The van der Waals surface area contributed by atoms with Crippen LogP contribution in [0.25, 0.3) is 10.9 Å². The van der Waals surface area contributed by atoms with Crippen LogP contribution in [0.15, 0.2) is 53.3 Å². The van der Waals surface area contributed by atoms with Gasteiger partial charge in [0.25, 0.3) is 5.56 Å². The van der Waals surface area contributed by atoms with Gasteiger partial charge in [-0.2, -0.15) is 0 Å². The van der Waals surface area contributed by atoms with Gasteiger partial charge in [0.2, 0.25) is 0 Å². The minimum Gasteiger partial charge on any atom is -0.497 e. The summed E-state index contributed by atoms with van der Waals surface area (Å²) in [6.07, 6.45) is 0.896. The maximum atomic E-state index is 13.3. The number of rotatable bonds is 7. The molecule has 0 bridgehead atoms. The summed E-state index contributed by atoms with van der Waals surface area (Å²) in [5.74, 6) is 2.05. The molecule has 1 atom stereocenters. The molecular weight excluding hydrogens is 448 g/mol. The number of benzene rings is 2. The molecule has 10 heteroatoms. The lowest BCUT2D eigenvalue weighted by Gasteiger charge is -2.35. The van der Waals surface area contributed by atoms with Gasteiger partial charge in [0.05, 0.1) is 26.9 Å². The molecule has 5 rings (SSSR count). The van der Waals surface area contributed by atoms with E-state index in [0.29, 0.717) is 49.6 Å². The Hall–Kier alpha value is -3.76. The van der Waals surface area contributed by atoms with E-state index in [2.05, 4.69) is 25.4 Å². The van der Waals surface area contributed by atoms with Crippen molar-refractivity contribution in [1.29, 1.82) is 0 Å². The van der Waals surface area contributed by atoms with Crippen molar-refractivity contribution in [3.8, 4) is 11.5 Å². The van der Waals surface area contributed by atoms with Crippen molar-refractivity contribution >= 4 is 10.9 Å². The molecule has 0 spiro atoms. The van der Waals surface area contributed by atoms with Crippen molar-refractivity contribution in [1.82, 2.24) is 30.1 Å². The van der Waals surface area contributed by atoms with Crippen molar-refractivity contribution in [2.45, 2.75) is 31.5 Å². The maximum Gasteiger partial charge on any atom is 0.253 e. The van der Waals surface area contributed by atoms with Gasteiger partial charge in [-0.25, -0.2) is 4.68 Å². The van der Waals surface area contributed by atoms with Gasteiger partial charge in [-0.05, 0) is 65.2 Å². The van der Waals surface area contributed by atoms with Crippen LogP contribution in [0.5, 0.6) is 11.5 Å². The average molecular weight is 477 g/mol. The molecule has 182 valence electrons. The molecule has 0 radical (unpaired) electrons. The van der Waals surface area contributed by atoms with Gasteiger partial charge >= 0.3 is 0 Å². The van der Waals surface area contributed by atoms with E-state index in [1.807, 2.05) is 48.5 Å². The second-order valence-electron chi connectivity index (χ2n) is 8.72. The summed E-state index contributed by atoms with van der Waals surface area (Å²) in [5, 5.41) is 23.5. The van der Waals surface area contributed by atoms with Gasteiger partial charge in [0.15, 0.2) is 5.82 Å². The summed E-state index contributed by atoms with van der Waals surface area (Å²) in [6.45, 7) is 1.69. The fourth-order valence-electron chi connectivity index (χ4n) is 4.60. The van der Waals surface area contributed by atoms with Crippen LogP contribution in [-0.4, -0.2) is 68.6 Å². The quantitative estimate of drug-likeness (QED) is 0.417. The van der Waals surface area contributed by atoms with Crippen LogP contribution in [0.2, 0.25) is 0 Å². The number of aromatic nitrogens is 5. The van der Waals surface area contributed by atoms with Crippen molar-refractivity contribution in [2.75, 3.05) is 27.3 Å². The number of methoxy groups -OCH3 is 2. The molecule has 1 saturated heterocycles. The zero-order valence-corrected chi connectivity index (χ0v) is 19.7. The van der Waals surface area contributed by atoms with E-state index in [4.69, 9.17) is 9.47 Å². The van der Waals surface area contributed by atoms with Crippen molar-refractivity contribution in [2.24, 2.45) is 0 Å². The second-order valence-corrected chi connectivity index (χ2v) is 8.72. The molecule has 10 nitrogen and oxygen atoms in total. The Bertz CT molecular complexity index is 1360. The molecule has 2 aromatic heterocycles. The van der Waals surface area contributed by atoms with Crippen LogP contribution in [0.1, 0.15) is 35.8 Å². The summed E-state index contributed by atoms with van der Waals surface area (Å²) in [7, 11) is 3.24. The Labute approximate surface area is 202 Å².